The predicted molar refractivity (Wildman–Crippen MR) is 100 cm³/mol. The lowest BCUT2D eigenvalue weighted by atomic mass is 10.1. The van der Waals surface area contributed by atoms with E-state index in [1.54, 1.807) is 7.11 Å². The number of benzene rings is 2. The van der Waals surface area contributed by atoms with E-state index in [-0.39, 0.29) is 0 Å². The van der Waals surface area contributed by atoms with Crippen LogP contribution in [-0.2, 0) is 13.0 Å². The standard InChI is InChI=1S/C20H23ClN2O2/c1-24-19-9-6-17(14-20(19)25-13-3-2-11-22)15-23-12-10-16-4-7-18(21)8-5-16/h4-9,14,23H,2-3,10,12-13,15H2,1H3. The smallest absolute Gasteiger partial charge is 0.161 e. The number of halogens is 1. The summed E-state index contributed by atoms with van der Waals surface area (Å²) < 4.78 is 11.1. The van der Waals surface area contributed by atoms with E-state index in [0.717, 1.165) is 35.8 Å². The summed E-state index contributed by atoms with van der Waals surface area (Å²) in [7, 11) is 1.63. The molecule has 2 aromatic carbocycles. The fourth-order valence-corrected chi connectivity index (χ4v) is 2.52. The Balaban J connectivity index is 1.82. The maximum absolute atomic E-state index is 8.58. The summed E-state index contributed by atoms with van der Waals surface area (Å²) in [5.41, 5.74) is 2.39. The molecule has 0 aliphatic heterocycles. The van der Waals surface area contributed by atoms with Crippen LogP contribution < -0.4 is 14.8 Å². The van der Waals surface area contributed by atoms with Gasteiger partial charge in [0.05, 0.1) is 19.8 Å². The normalized spacial score (nSPS) is 10.3. The van der Waals surface area contributed by atoms with Crippen LogP contribution in [0.15, 0.2) is 42.5 Å². The number of hydrogen-bond donors (Lipinski definition) is 1. The molecule has 5 heteroatoms. The van der Waals surface area contributed by atoms with Gasteiger partial charge in [0, 0.05) is 18.0 Å². The Hall–Kier alpha value is -2.22. The fourth-order valence-electron chi connectivity index (χ4n) is 2.39. The summed E-state index contributed by atoms with van der Waals surface area (Å²) in [6.07, 6.45) is 2.16. The molecule has 2 rings (SSSR count). The SMILES string of the molecule is COc1ccc(CNCCc2ccc(Cl)cc2)cc1OCCCC#N. The Morgan fingerprint density at radius 2 is 1.84 bits per heavy atom. The van der Waals surface area contributed by atoms with Gasteiger partial charge in [-0.2, -0.15) is 5.26 Å². The van der Waals surface area contributed by atoms with Crippen LogP contribution >= 0.6 is 11.6 Å². The Morgan fingerprint density at radius 1 is 1.08 bits per heavy atom. The Morgan fingerprint density at radius 3 is 2.56 bits per heavy atom. The lowest BCUT2D eigenvalue weighted by molar-refractivity contribution is 0.290. The Labute approximate surface area is 154 Å². The summed E-state index contributed by atoms with van der Waals surface area (Å²) in [5, 5.41) is 12.8. The second kappa shape index (κ2) is 10.6. The third-order valence-corrected chi connectivity index (χ3v) is 4.00. The van der Waals surface area contributed by atoms with Gasteiger partial charge in [0.2, 0.25) is 0 Å². The van der Waals surface area contributed by atoms with E-state index in [1.807, 2.05) is 42.5 Å². The van der Waals surface area contributed by atoms with Crippen LogP contribution in [0.2, 0.25) is 5.02 Å². The van der Waals surface area contributed by atoms with Crippen LogP contribution in [-0.4, -0.2) is 20.3 Å². The molecule has 0 atom stereocenters. The molecule has 0 spiro atoms. The molecule has 0 unspecified atom stereocenters. The van der Waals surface area contributed by atoms with E-state index in [9.17, 15) is 0 Å². The molecule has 1 N–H and O–H groups in total. The van der Waals surface area contributed by atoms with Crippen LogP contribution in [0.3, 0.4) is 0 Å². The summed E-state index contributed by atoms with van der Waals surface area (Å²) >= 11 is 5.89. The zero-order valence-electron chi connectivity index (χ0n) is 14.4. The molecule has 0 saturated heterocycles. The number of unbranched alkanes of at least 4 members (excludes halogenated alkanes) is 1. The van der Waals surface area contributed by atoms with Crippen LogP contribution in [0.5, 0.6) is 11.5 Å². The highest BCUT2D eigenvalue weighted by atomic mass is 35.5. The Bertz CT molecular complexity index is 696. The van der Waals surface area contributed by atoms with Crippen LogP contribution in [0, 0.1) is 11.3 Å². The van der Waals surface area contributed by atoms with Crippen LogP contribution in [0.25, 0.3) is 0 Å². The molecule has 0 bridgehead atoms. The van der Waals surface area contributed by atoms with Crippen LogP contribution in [0.4, 0.5) is 0 Å². The molecule has 0 aliphatic rings. The van der Waals surface area contributed by atoms with Gasteiger partial charge >= 0.3 is 0 Å². The molecule has 25 heavy (non-hydrogen) atoms. The molecule has 0 radical (unpaired) electrons. The van der Waals surface area contributed by atoms with Gasteiger partial charge < -0.3 is 14.8 Å². The van der Waals surface area contributed by atoms with Crippen molar-refractivity contribution in [3.63, 3.8) is 0 Å². The minimum absolute atomic E-state index is 0.494. The number of nitrogens with one attached hydrogen (secondary N) is 1. The van der Waals surface area contributed by atoms with Gasteiger partial charge in [0.25, 0.3) is 0 Å². The van der Waals surface area contributed by atoms with Gasteiger partial charge in [0.15, 0.2) is 11.5 Å². The number of hydrogen-bond acceptors (Lipinski definition) is 4. The first-order valence-electron chi connectivity index (χ1n) is 8.34. The number of rotatable bonds is 10. The highest BCUT2D eigenvalue weighted by molar-refractivity contribution is 6.30. The largest absolute Gasteiger partial charge is 0.493 e. The maximum atomic E-state index is 8.58. The molecule has 0 aliphatic carbocycles. The van der Waals surface area contributed by atoms with E-state index >= 15 is 0 Å². The van der Waals surface area contributed by atoms with Crippen molar-refractivity contribution in [3.8, 4) is 17.6 Å². The molecular formula is C20H23ClN2O2. The number of methoxy groups -OCH3 is 1. The number of ether oxygens (including phenoxy) is 2. The minimum atomic E-state index is 0.494. The third kappa shape index (κ3) is 6.66. The zero-order valence-corrected chi connectivity index (χ0v) is 15.2. The third-order valence-electron chi connectivity index (χ3n) is 3.75. The maximum Gasteiger partial charge on any atom is 0.161 e. The monoisotopic (exact) mass is 358 g/mol. The van der Waals surface area contributed by atoms with Crippen molar-refractivity contribution in [1.29, 1.82) is 5.26 Å². The first-order valence-corrected chi connectivity index (χ1v) is 8.72. The van der Waals surface area contributed by atoms with Crippen molar-refractivity contribution in [2.24, 2.45) is 0 Å². The highest BCUT2D eigenvalue weighted by Gasteiger charge is 2.06. The average molecular weight is 359 g/mol. The fraction of sp³-hybridized carbons (Fsp3) is 0.350. The molecular weight excluding hydrogens is 336 g/mol. The zero-order chi connectivity index (χ0) is 17.9. The van der Waals surface area contributed by atoms with E-state index < -0.39 is 0 Å². The van der Waals surface area contributed by atoms with E-state index in [1.165, 1.54) is 5.56 Å². The first-order chi connectivity index (χ1) is 12.2. The molecule has 0 heterocycles. The second-order valence-electron chi connectivity index (χ2n) is 5.65. The predicted octanol–water partition coefficient (Wildman–Crippen LogP) is 4.36. The topological polar surface area (TPSA) is 54.3 Å². The van der Waals surface area contributed by atoms with E-state index in [4.69, 9.17) is 26.3 Å². The molecule has 0 aromatic heterocycles. The summed E-state index contributed by atoms with van der Waals surface area (Å²) in [4.78, 5) is 0. The van der Waals surface area contributed by atoms with E-state index in [2.05, 4.69) is 11.4 Å². The molecule has 0 saturated carbocycles. The van der Waals surface area contributed by atoms with Gasteiger partial charge in [0.1, 0.15) is 0 Å². The van der Waals surface area contributed by atoms with Crippen molar-refractivity contribution in [2.75, 3.05) is 20.3 Å². The van der Waals surface area contributed by atoms with Crippen molar-refractivity contribution in [2.45, 2.75) is 25.8 Å². The van der Waals surface area contributed by atoms with Gasteiger partial charge in [-0.15, -0.1) is 0 Å². The summed E-state index contributed by atoms with van der Waals surface area (Å²) in [6, 6.07) is 16.0. The van der Waals surface area contributed by atoms with Crippen LogP contribution in [0.1, 0.15) is 24.0 Å². The molecule has 2 aromatic rings. The molecule has 0 amide bonds. The van der Waals surface area contributed by atoms with Gasteiger partial charge in [-0.1, -0.05) is 29.8 Å². The van der Waals surface area contributed by atoms with Crippen molar-refractivity contribution in [1.82, 2.24) is 5.32 Å². The summed E-state index contributed by atoms with van der Waals surface area (Å²) in [6.45, 7) is 2.15. The molecule has 4 nitrogen and oxygen atoms in total. The van der Waals surface area contributed by atoms with Gasteiger partial charge in [-0.05, 0) is 54.8 Å². The highest BCUT2D eigenvalue weighted by Crippen LogP contribution is 2.28. The molecule has 132 valence electrons. The minimum Gasteiger partial charge on any atom is -0.493 e. The van der Waals surface area contributed by atoms with Crippen molar-refractivity contribution >= 4 is 11.6 Å². The first kappa shape index (κ1) is 19.1. The second-order valence-corrected chi connectivity index (χ2v) is 6.09. The quantitative estimate of drug-likeness (QED) is 0.641. The number of nitrogens with zero attached hydrogens (tertiary/aromatic N) is 1. The van der Waals surface area contributed by atoms with Crippen molar-refractivity contribution < 1.29 is 9.47 Å². The Kier molecular flexibility index (Phi) is 8.11. The lowest BCUT2D eigenvalue weighted by Gasteiger charge is -2.12. The summed E-state index contributed by atoms with van der Waals surface area (Å²) in [5.74, 6) is 1.43. The lowest BCUT2D eigenvalue weighted by Crippen LogP contribution is -2.16. The number of nitriles is 1. The van der Waals surface area contributed by atoms with E-state index in [0.29, 0.717) is 25.2 Å². The van der Waals surface area contributed by atoms with Crippen molar-refractivity contribution in [3.05, 3.63) is 58.6 Å². The van der Waals surface area contributed by atoms with Gasteiger partial charge in [-0.25, -0.2) is 0 Å². The average Bonchev–Trinajstić information content (AvgIpc) is 2.64. The molecule has 0 fully saturated rings. The van der Waals surface area contributed by atoms with Gasteiger partial charge in [-0.3, -0.25) is 0 Å².